The highest BCUT2D eigenvalue weighted by molar-refractivity contribution is 5.75. The SMILES string of the molecule is CCO[C@@H]1C[C@@H](NC(=O)N(C)[C@@H](C)c2ccncc2)C12CCCC2. The van der Waals surface area contributed by atoms with Crippen LogP contribution in [0.4, 0.5) is 4.79 Å². The van der Waals surface area contributed by atoms with Crippen LogP contribution in [-0.4, -0.2) is 41.7 Å². The van der Waals surface area contributed by atoms with Crippen LogP contribution < -0.4 is 5.32 Å². The Bertz CT molecular complexity index is 557. The molecule has 3 rings (SSSR count). The van der Waals surface area contributed by atoms with Crippen molar-refractivity contribution in [3.05, 3.63) is 30.1 Å². The van der Waals surface area contributed by atoms with Gasteiger partial charge in [0.05, 0.1) is 12.1 Å². The molecule has 1 aromatic rings. The number of rotatable bonds is 5. The third kappa shape index (κ3) is 3.02. The van der Waals surface area contributed by atoms with Crippen LogP contribution in [-0.2, 0) is 4.74 Å². The Balaban J connectivity index is 1.62. The average molecular weight is 331 g/mol. The third-order valence-corrected chi connectivity index (χ3v) is 6.07. The van der Waals surface area contributed by atoms with E-state index in [0.717, 1.165) is 18.6 Å². The number of nitrogens with one attached hydrogen (secondary N) is 1. The van der Waals surface area contributed by atoms with Crippen molar-refractivity contribution in [2.24, 2.45) is 5.41 Å². The summed E-state index contributed by atoms with van der Waals surface area (Å²) in [6.07, 6.45) is 9.64. The van der Waals surface area contributed by atoms with Crippen LogP contribution in [0.15, 0.2) is 24.5 Å². The second-order valence-corrected chi connectivity index (χ2v) is 7.19. The van der Waals surface area contributed by atoms with Gasteiger partial charge in [0, 0.05) is 37.5 Å². The van der Waals surface area contributed by atoms with E-state index in [9.17, 15) is 4.79 Å². The minimum atomic E-state index is 0.00513. The molecule has 1 aromatic heterocycles. The van der Waals surface area contributed by atoms with Gasteiger partial charge in [0.25, 0.3) is 0 Å². The zero-order valence-corrected chi connectivity index (χ0v) is 15.0. The van der Waals surface area contributed by atoms with E-state index in [0.29, 0.717) is 6.10 Å². The van der Waals surface area contributed by atoms with Crippen LogP contribution in [0.25, 0.3) is 0 Å². The highest BCUT2D eigenvalue weighted by atomic mass is 16.5. The molecule has 0 aromatic carbocycles. The van der Waals surface area contributed by atoms with Gasteiger partial charge in [-0.1, -0.05) is 12.8 Å². The Hall–Kier alpha value is -1.62. The van der Waals surface area contributed by atoms with Gasteiger partial charge >= 0.3 is 6.03 Å². The highest BCUT2D eigenvalue weighted by Crippen LogP contribution is 2.54. The molecule has 2 amide bonds. The standard InChI is InChI=1S/C19H29N3O2/c1-4-24-17-13-16(19(17)9-5-6-10-19)21-18(23)22(3)14(2)15-7-11-20-12-8-15/h7-8,11-12,14,16-17H,4-6,9-10,13H2,1-3H3,(H,21,23)/t14-,16+,17+/m0/s1. The number of carbonyl (C=O) groups excluding carboxylic acids is 1. The summed E-state index contributed by atoms with van der Waals surface area (Å²) in [6, 6.07) is 4.19. The monoisotopic (exact) mass is 331 g/mol. The van der Waals surface area contributed by atoms with Gasteiger partial charge in [-0.15, -0.1) is 0 Å². The Kier molecular flexibility index (Phi) is 5.09. The van der Waals surface area contributed by atoms with Crippen LogP contribution >= 0.6 is 0 Å². The number of aromatic nitrogens is 1. The van der Waals surface area contributed by atoms with E-state index in [1.807, 2.05) is 26.1 Å². The molecule has 3 atom stereocenters. The molecule has 0 radical (unpaired) electrons. The molecule has 5 nitrogen and oxygen atoms in total. The molecule has 1 N–H and O–H groups in total. The molecule has 0 bridgehead atoms. The average Bonchev–Trinajstić information content (AvgIpc) is 3.13. The quantitative estimate of drug-likeness (QED) is 0.898. The first-order valence-corrected chi connectivity index (χ1v) is 9.13. The van der Waals surface area contributed by atoms with Crippen molar-refractivity contribution in [1.29, 1.82) is 0 Å². The molecule has 0 unspecified atom stereocenters. The molecular weight excluding hydrogens is 302 g/mol. The molecule has 2 aliphatic rings. The van der Waals surface area contributed by atoms with Gasteiger partial charge in [0.2, 0.25) is 0 Å². The maximum atomic E-state index is 12.7. The van der Waals surface area contributed by atoms with Gasteiger partial charge < -0.3 is 15.0 Å². The fourth-order valence-corrected chi connectivity index (χ4v) is 4.38. The summed E-state index contributed by atoms with van der Waals surface area (Å²) in [5.74, 6) is 0. The van der Waals surface area contributed by atoms with Gasteiger partial charge in [0.1, 0.15) is 0 Å². The molecule has 0 aliphatic heterocycles. The Morgan fingerprint density at radius 3 is 2.71 bits per heavy atom. The molecular formula is C19H29N3O2. The van der Waals surface area contributed by atoms with E-state index in [2.05, 4.69) is 17.2 Å². The number of nitrogens with zero attached hydrogens (tertiary/aromatic N) is 2. The van der Waals surface area contributed by atoms with Crippen LogP contribution in [0.3, 0.4) is 0 Å². The molecule has 1 spiro atoms. The van der Waals surface area contributed by atoms with Crippen LogP contribution in [0, 0.1) is 5.41 Å². The fraction of sp³-hybridized carbons (Fsp3) is 0.684. The van der Waals surface area contributed by atoms with Gasteiger partial charge in [-0.2, -0.15) is 0 Å². The Labute approximate surface area is 144 Å². The lowest BCUT2D eigenvalue weighted by Crippen LogP contribution is -2.64. The molecule has 2 fully saturated rings. The van der Waals surface area contributed by atoms with Crippen molar-refractivity contribution in [2.75, 3.05) is 13.7 Å². The Morgan fingerprint density at radius 1 is 1.42 bits per heavy atom. The van der Waals surface area contributed by atoms with Gasteiger partial charge in [-0.3, -0.25) is 4.98 Å². The number of pyridine rings is 1. The topological polar surface area (TPSA) is 54.5 Å². The summed E-state index contributed by atoms with van der Waals surface area (Å²) in [7, 11) is 1.86. The smallest absolute Gasteiger partial charge is 0.317 e. The minimum Gasteiger partial charge on any atom is -0.378 e. The van der Waals surface area contributed by atoms with E-state index in [1.165, 1.54) is 25.7 Å². The summed E-state index contributed by atoms with van der Waals surface area (Å²) < 4.78 is 5.93. The molecule has 0 saturated heterocycles. The van der Waals surface area contributed by atoms with E-state index >= 15 is 0 Å². The first kappa shape index (κ1) is 17.2. The lowest BCUT2D eigenvalue weighted by Gasteiger charge is -2.54. The van der Waals surface area contributed by atoms with E-state index in [1.54, 1.807) is 17.3 Å². The van der Waals surface area contributed by atoms with Gasteiger partial charge in [-0.05, 0) is 50.8 Å². The van der Waals surface area contributed by atoms with Crippen LogP contribution in [0.5, 0.6) is 0 Å². The second-order valence-electron chi connectivity index (χ2n) is 7.19. The molecule has 5 heteroatoms. The van der Waals surface area contributed by atoms with Crippen molar-refractivity contribution >= 4 is 6.03 Å². The largest absolute Gasteiger partial charge is 0.378 e. The van der Waals surface area contributed by atoms with Crippen molar-refractivity contribution < 1.29 is 9.53 Å². The predicted molar refractivity (Wildman–Crippen MR) is 93.7 cm³/mol. The predicted octanol–water partition coefficient (Wildman–Crippen LogP) is 3.52. The number of hydrogen-bond donors (Lipinski definition) is 1. The third-order valence-electron chi connectivity index (χ3n) is 6.07. The molecule has 132 valence electrons. The van der Waals surface area contributed by atoms with Gasteiger partial charge in [0.15, 0.2) is 0 Å². The molecule has 2 aliphatic carbocycles. The maximum absolute atomic E-state index is 12.7. The van der Waals surface area contributed by atoms with E-state index in [4.69, 9.17) is 4.74 Å². The summed E-state index contributed by atoms with van der Waals surface area (Å²) in [6.45, 7) is 4.86. The first-order chi connectivity index (χ1) is 11.6. The normalized spacial score (nSPS) is 26.0. The summed E-state index contributed by atoms with van der Waals surface area (Å²) in [4.78, 5) is 18.6. The minimum absolute atomic E-state index is 0.00513. The van der Waals surface area contributed by atoms with Crippen molar-refractivity contribution in [3.63, 3.8) is 0 Å². The Morgan fingerprint density at radius 2 is 2.08 bits per heavy atom. The lowest BCUT2D eigenvalue weighted by molar-refractivity contribution is -0.127. The fourth-order valence-electron chi connectivity index (χ4n) is 4.38. The molecule has 24 heavy (non-hydrogen) atoms. The number of urea groups is 1. The summed E-state index contributed by atoms with van der Waals surface area (Å²) >= 11 is 0. The van der Waals surface area contributed by atoms with Crippen LogP contribution in [0.1, 0.15) is 57.6 Å². The van der Waals surface area contributed by atoms with Crippen molar-refractivity contribution in [2.45, 2.75) is 64.1 Å². The lowest BCUT2D eigenvalue weighted by atomic mass is 9.60. The highest BCUT2D eigenvalue weighted by Gasteiger charge is 2.57. The zero-order chi connectivity index (χ0) is 17.2. The number of hydrogen-bond acceptors (Lipinski definition) is 3. The summed E-state index contributed by atoms with van der Waals surface area (Å²) in [5, 5.41) is 3.28. The van der Waals surface area contributed by atoms with Crippen molar-refractivity contribution in [1.82, 2.24) is 15.2 Å². The maximum Gasteiger partial charge on any atom is 0.317 e. The molecule has 1 heterocycles. The first-order valence-electron chi connectivity index (χ1n) is 9.13. The van der Waals surface area contributed by atoms with E-state index in [-0.39, 0.29) is 23.5 Å². The molecule has 2 saturated carbocycles. The second kappa shape index (κ2) is 7.09. The van der Waals surface area contributed by atoms with E-state index < -0.39 is 0 Å². The number of ether oxygens (including phenoxy) is 1. The number of amides is 2. The van der Waals surface area contributed by atoms with Gasteiger partial charge in [-0.25, -0.2) is 4.79 Å². The van der Waals surface area contributed by atoms with Crippen LogP contribution in [0.2, 0.25) is 0 Å². The summed E-state index contributed by atoms with van der Waals surface area (Å²) in [5.41, 5.74) is 1.27. The van der Waals surface area contributed by atoms with Crippen molar-refractivity contribution in [3.8, 4) is 0 Å². The zero-order valence-electron chi connectivity index (χ0n) is 15.0. The number of carbonyl (C=O) groups is 1.